The SMILES string of the molecule is Cc1cc(C)c2c(c1)c1cc(Br)ccc1n1nccc21. The Hall–Kier alpha value is -1.87. The van der Waals surface area contributed by atoms with Gasteiger partial charge in [-0.2, -0.15) is 5.10 Å². The van der Waals surface area contributed by atoms with E-state index in [4.69, 9.17) is 0 Å². The first-order valence-electron chi connectivity index (χ1n) is 6.61. The number of fused-ring (bicyclic) bond motifs is 6. The molecule has 0 radical (unpaired) electrons. The average Bonchev–Trinajstić information content (AvgIpc) is 2.87. The van der Waals surface area contributed by atoms with Gasteiger partial charge in [0, 0.05) is 15.2 Å². The van der Waals surface area contributed by atoms with E-state index >= 15 is 0 Å². The Kier molecular flexibility index (Phi) is 2.42. The summed E-state index contributed by atoms with van der Waals surface area (Å²) in [5.74, 6) is 0. The highest BCUT2D eigenvalue weighted by atomic mass is 79.9. The van der Waals surface area contributed by atoms with E-state index in [-0.39, 0.29) is 0 Å². The molecule has 0 aliphatic rings. The number of hydrogen-bond acceptors (Lipinski definition) is 1. The lowest BCUT2D eigenvalue weighted by Gasteiger charge is -2.11. The predicted molar refractivity (Wildman–Crippen MR) is 87.4 cm³/mol. The molecule has 0 aliphatic heterocycles. The fourth-order valence-electron chi connectivity index (χ4n) is 3.11. The lowest BCUT2D eigenvalue weighted by atomic mass is 9.99. The van der Waals surface area contributed by atoms with E-state index in [1.165, 1.54) is 32.8 Å². The maximum atomic E-state index is 4.49. The Labute approximate surface area is 125 Å². The van der Waals surface area contributed by atoms with Gasteiger partial charge in [0.1, 0.15) is 0 Å². The Balaban J connectivity index is 2.44. The molecule has 0 aliphatic carbocycles. The van der Waals surface area contributed by atoms with Gasteiger partial charge in [-0.3, -0.25) is 0 Å². The first-order chi connectivity index (χ1) is 9.65. The van der Waals surface area contributed by atoms with Crippen molar-refractivity contribution in [1.29, 1.82) is 0 Å². The molecule has 0 fully saturated rings. The number of aromatic nitrogens is 2. The van der Waals surface area contributed by atoms with E-state index in [1.807, 2.05) is 10.7 Å². The van der Waals surface area contributed by atoms with E-state index in [9.17, 15) is 0 Å². The Morgan fingerprint density at radius 3 is 2.65 bits per heavy atom. The summed E-state index contributed by atoms with van der Waals surface area (Å²) in [6, 6.07) is 13.0. The van der Waals surface area contributed by atoms with Crippen molar-refractivity contribution in [2.75, 3.05) is 0 Å². The van der Waals surface area contributed by atoms with Gasteiger partial charge in [-0.25, -0.2) is 4.52 Å². The molecular weight excluding hydrogens is 312 g/mol. The maximum Gasteiger partial charge on any atom is 0.0750 e. The average molecular weight is 325 g/mol. The molecule has 4 rings (SSSR count). The van der Waals surface area contributed by atoms with Gasteiger partial charge in [-0.1, -0.05) is 33.6 Å². The molecule has 2 aromatic carbocycles. The molecule has 0 atom stereocenters. The van der Waals surface area contributed by atoms with E-state index in [1.54, 1.807) is 0 Å². The summed E-state index contributed by atoms with van der Waals surface area (Å²) in [4.78, 5) is 0. The van der Waals surface area contributed by atoms with E-state index in [2.05, 4.69) is 71.3 Å². The summed E-state index contributed by atoms with van der Waals surface area (Å²) in [6.45, 7) is 4.32. The molecule has 20 heavy (non-hydrogen) atoms. The van der Waals surface area contributed by atoms with Gasteiger partial charge in [0.05, 0.1) is 17.2 Å². The van der Waals surface area contributed by atoms with Crippen LogP contribution in [0, 0.1) is 13.8 Å². The van der Waals surface area contributed by atoms with Crippen LogP contribution in [0.2, 0.25) is 0 Å². The number of aryl methyl sites for hydroxylation is 2. The standard InChI is InChI=1S/C17H13BrN2/c1-10-7-11(2)17-14(8-10)13-9-12(18)3-4-15(13)20-16(17)5-6-19-20/h3-9H,1-2H3. The number of halogens is 1. The van der Waals surface area contributed by atoms with E-state index in [0.29, 0.717) is 0 Å². The van der Waals surface area contributed by atoms with Crippen molar-refractivity contribution >= 4 is 43.1 Å². The van der Waals surface area contributed by atoms with Crippen LogP contribution in [0.25, 0.3) is 27.2 Å². The van der Waals surface area contributed by atoms with Gasteiger partial charge >= 0.3 is 0 Å². The van der Waals surface area contributed by atoms with Crippen LogP contribution in [-0.2, 0) is 0 Å². The first kappa shape index (κ1) is 11.9. The van der Waals surface area contributed by atoms with Crippen molar-refractivity contribution < 1.29 is 0 Å². The molecule has 2 heterocycles. The molecule has 98 valence electrons. The summed E-state index contributed by atoms with van der Waals surface area (Å²) >= 11 is 3.58. The lowest BCUT2D eigenvalue weighted by Crippen LogP contribution is -1.94. The van der Waals surface area contributed by atoms with Gasteiger partial charge in [0.15, 0.2) is 0 Å². The third-order valence-electron chi connectivity index (χ3n) is 3.86. The molecule has 0 N–H and O–H groups in total. The van der Waals surface area contributed by atoms with Crippen molar-refractivity contribution in [2.45, 2.75) is 13.8 Å². The Bertz CT molecular complexity index is 983. The second-order valence-electron chi connectivity index (χ2n) is 5.29. The van der Waals surface area contributed by atoms with E-state index in [0.717, 1.165) is 9.99 Å². The predicted octanol–water partition coefficient (Wildman–Crippen LogP) is 5.02. The molecule has 0 bridgehead atoms. The Morgan fingerprint density at radius 2 is 1.80 bits per heavy atom. The van der Waals surface area contributed by atoms with Crippen LogP contribution in [0.15, 0.2) is 47.1 Å². The van der Waals surface area contributed by atoms with Crippen LogP contribution in [-0.4, -0.2) is 9.61 Å². The number of nitrogens with zero attached hydrogens (tertiary/aromatic N) is 2. The van der Waals surface area contributed by atoms with Gasteiger partial charge in [0.2, 0.25) is 0 Å². The maximum absolute atomic E-state index is 4.49. The van der Waals surface area contributed by atoms with Gasteiger partial charge in [-0.15, -0.1) is 0 Å². The molecule has 0 spiro atoms. The molecule has 3 heteroatoms. The largest absolute Gasteiger partial charge is 0.232 e. The zero-order valence-electron chi connectivity index (χ0n) is 11.3. The van der Waals surface area contributed by atoms with Crippen molar-refractivity contribution in [3.05, 3.63) is 58.2 Å². The molecule has 2 nitrogen and oxygen atoms in total. The first-order valence-corrected chi connectivity index (χ1v) is 7.40. The van der Waals surface area contributed by atoms with E-state index < -0.39 is 0 Å². The quantitative estimate of drug-likeness (QED) is 0.415. The van der Waals surface area contributed by atoms with Crippen molar-refractivity contribution in [1.82, 2.24) is 9.61 Å². The number of benzene rings is 2. The molecule has 0 saturated carbocycles. The zero-order valence-corrected chi connectivity index (χ0v) is 12.9. The van der Waals surface area contributed by atoms with Crippen LogP contribution in [0.3, 0.4) is 0 Å². The van der Waals surface area contributed by atoms with Gasteiger partial charge in [0.25, 0.3) is 0 Å². The zero-order chi connectivity index (χ0) is 13.9. The van der Waals surface area contributed by atoms with Crippen LogP contribution in [0.1, 0.15) is 11.1 Å². The van der Waals surface area contributed by atoms with Crippen LogP contribution < -0.4 is 0 Å². The molecule has 2 aromatic heterocycles. The highest BCUT2D eigenvalue weighted by Gasteiger charge is 2.11. The van der Waals surface area contributed by atoms with Crippen LogP contribution in [0.5, 0.6) is 0 Å². The minimum atomic E-state index is 1.09. The van der Waals surface area contributed by atoms with Crippen molar-refractivity contribution in [3.63, 3.8) is 0 Å². The van der Waals surface area contributed by atoms with Crippen molar-refractivity contribution in [2.24, 2.45) is 0 Å². The lowest BCUT2D eigenvalue weighted by molar-refractivity contribution is 1.01. The number of hydrogen-bond donors (Lipinski definition) is 0. The summed E-state index contributed by atoms with van der Waals surface area (Å²) in [7, 11) is 0. The fourth-order valence-corrected chi connectivity index (χ4v) is 3.47. The number of pyridine rings is 1. The molecular formula is C17H13BrN2. The Morgan fingerprint density at radius 1 is 0.950 bits per heavy atom. The van der Waals surface area contributed by atoms with Crippen molar-refractivity contribution in [3.8, 4) is 0 Å². The molecule has 0 unspecified atom stereocenters. The third kappa shape index (κ3) is 1.53. The number of rotatable bonds is 0. The normalized spacial score (nSPS) is 11.8. The second-order valence-corrected chi connectivity index (χ2v) is 6.21. The summed E-state index contributed by atoms with van der Waals surface area (Å²) < 4.78 is 3.13. The van der Waals surface area contributed by atoms with Crippen LogP contribution in [0.4, 0.5) is 0 Å². The third-order valence-corrected chi connectivity index (χ3v) is 4.35. The van der Waals surface area contributed by atoms with Crippen LogP contribution >= 0.6 is 15.9 Å². The molecule has 0 amide bonds. The topological polar surface area (TPSA) is 17.3 Å². The highest BCUT2D eigenvalue weighted by Crippen LogP contribution is 2.33. The fraction of sp³-hybridized carbons (Fsp3) is 0.118. The highest BCUT2D eigenvalue weighted by molar-refractivity contribution is 9.10. The molecule has 4 aromatic rings. The minimum absolute atomic E-state index is 1.09. The smallest absolute Gasteiger partial charge is 0.0750 e. The van der Waals surface area contributed by atoms with Gasteiger partial charge < -0.3 is 0 Å². The summed E-state index contributed by atoms with van der Waals surface area (Å²) in [6.07, 6.45) is 1.87. The summed E-state index contributed by atoms with van der Waals surface area (Å²) in [5, 5.41) is 8.31. The monoisotopic (exact) mass is 324 g/mol. The second kappa shape index (κ2) is 4.06. The minimum Gasteiger partial charge on any atom is -0.232 e. The van der Waals surface area contributed by atoms with Gasteiger partial charge in [-0.05, 0) is 49.1 Å². The summed E-state index contributed by atoms with van der Waals surface area (Å²) in [5.41, 5.74) is 4.91. The molecule has 0 saturated heterocycles.